The summed E-state index contributed by atoms with van der Waals surface area (Å²) in [7, 11) is 0. The van der Waals surface area contributed by atoms with Gasteiger partial charge in [-0.05, 0) is 28.9 Å². The van der Waals surface area contributed by atoms with Gasteiger partial charge in [0.2, 0.25) is 0 Å². The topological polar surface area (TPSA) is 78.4 Å². The van der Waals surface area contributed by atoms with Crippen LogP contribution in [0.5, 0.6) is 5.75 Å². The Labute approximate surface area is 96.5 Å². The minimum atomic E-state index is -0.537. The summed E-state index contributed by atoms with van der Waals surface area (Å²) in [6.07, 6.45) is 0. The maximum absolute atomic E-state index is 10.5. The highest BCUT2D eigenvalue weighted by atomic mass is 79.9. The maximum Gasteiger partial charge on any atom is 0.296 e. The van der Waals surface area contributed by atoms with Crippen molar-refractivity contribution in [2.45, 2.75) is 14.4 Å². The van der Waals surface area contributed by atoms with E-state index >= 15 is 0 Å². The molecule has 0 amide bonds. The first-order valence-corrected chi connectivity index (χ1v) is 4.72. The lowest BCUT2D eigenvalue weighted by atomic mass is 10.2. The summed E-state index contributed by atoms with van der Waals surface area (Å²) in [4.78, 5) is 10.0. The van der Waals surface area contributed by atoms with Crippen LogP contribution in [0.25, 0.3) is 0 Å². The Hall–Kier alpha value is -1.30. The first kappa shape index (κ1) is 13.7. The smallest absolute Gasteiger partial charge is 0.296 e. The molecule has 0 atom stereocenters. The minimum absolute atomic E-state index is 0. The van der Waals surface area contributed by atoms with Crippen molar-refractivity contribution >= 4 is 27.3 Å². The fraction of sp³-hybridized carbons (Fsp3) is 0.333. The second-order valence-corrected chi connectivity index (χ2v) is 3.35. The largest absolute Gasteiger partial charge is 0.490 e. The lowest BCUT2D eigenvalue weighted by Gasteiger charge is -2.08. The van der Waals surface area contributed by atoms with Gasteiger partial charge in [0.25, 0.3) is 5.69 Å². The second-order valence-electron chi connectivity index (χ2n) is 2.50. The number of nitrogens with zero attached hydrogens (tertiary/aromatic N) is 1. The van der Waals surface area contributed by atoms with E-state index in [4.69, 9.17) is 10.5 Å². The first-order chi connectivity index (χ1) is 6.57. The monoisotopic (exact) mass is 276 g/mol. The molecule has 0 aromatic heterocycles. The molecule has 0 fully saturated rings. The van der Waals surface area contributed by atoms with Crippen LogP contribution in [-0.2, 0) is 0 Å². The van der Waals surface area contributed by atoms with Gasteiger partial charge >= 0.3 is 0 Å². The lowest BCUT2D eigenvalue weighted by molar-refractivity contribution is -0.384. The second kappa shape index (κ2) is 5.55. The molecule has 0 saturated carbocycles. The number of anilines is 1. The Kier molecular flexibility index (Phi) is 5.07. The van der Waals surface area contributed by atoms with Crippen LogP contribution in [0.3, 0.4) is 0 Å². The third-order valence-corrected chi connectivity index (χ3v) is 2.23. The zero-order valence-electron chi connectivity index (χ0n) is 7.49. The minimum Gasteiger partial charge on any atom is -0.490 e. The number of hydrogen-bond donors (Lipinski definition) is 1. The first-order valence-electron chi connectivity index (χ1n) is 3.93. The van der Waals surface area contributed by atoms with E-state index in [1.807, 2.05) is 0 Å². The summed E-state index contributed by atoms with van der Waals surface area (Å²) >= 11 is 3.20. The predicted octanol–water partition coefficient (Wildman–Crippen LogP) is 2.97. The Morgan fingerprint density at radius 2 is 2.20 bits per heavy atom. The van der Waals surface area contributed by atoms with Gasteiger partial charge in [0.05, 0.1) is 16.0 Å². The number of nitrogen functional groups attached to an aromatic ring is 1. The molecule has 1 aromatic carbocycles. The molecule has 84 valence electrons. The average molecular weight is 277 g/mol. The van der Waals surface area contributed by atoms with Crippen molar-refractivity contribution < 1.29 is 9.66 Å². The molecule has 5 nitrogen and oxygen atoms in total. The van der Waals surface area contributed by atoms with Crippen LogP contribution < -0.4 is 10.5 Å². The molecule has 0 heterocycles. The molecule has 0 saturated heterocycles. The van der Waals surface area contributed by atoms with Crippen molar-refractivity contribution in [3.63, 3.8) is 0 Å². The molecule has 0 aliphatic heterocycles. The van der Waals surface area contributed by atoms with Crippen LogP contribution in [0.15, 0.2) is 16.6 Å². The van der Waals surface area contributed by atoms with Crippen LogP contribution in [0.2, 0.25) is 0 Å². The molecule has 1 aromatic rings. The highest BCUT2D eigenvalue weighted by molar-refractivity contribution is 9.10. The summed E-state index contributed by atoms with van der Waals surface area (Å²) in [6.45, 7) is 2.19. The Morgan fingerprint density at radius 1 is 1.60 bits per heavy atom. The van der Waals surface area contributed by atoms with Crippen molar-refractivity contribution in [2.75, 3.05) is 12.3 Å². The van der Waals surface area contributed by atoms with E-state index in [0.29, 0.717) is 16.8 Å². The third-order valence-electron chi connectivity index (χ3n) is 1.61. The Balaban J connectivity index is 0.00000196. The molecule has 6 heteroatoms. The van der Waals surface area contributed by atoms with Gasteiger partial charge in [-0.3, -0.25) is 10.1 Å². The van der Waals surface area contributed by atoms with Crippen molar-refractivity contribution in [1.82, 2.24) is 0 Å². The van der Waals surface area contributed by atoms with Gasteiger partial charge in [0, 0.05) is 6.07 Å². The molecule has 2 N–H and O–H groups in total. The molecule has 0 bridgehead atoms. The standard InChI is InChI=1S/C8H9BrN2O3.CH4/c1-2-14-8-5(9)3-4-6(7(8)10)11(12)13;/h3-4H,2,10H2,1H3;1H4. The molecule has 15 heavy (non-hydrogen) atoms. The molecule has 0 spiro atoms. The Morgan fingerprint density at radius 3 is 2.67 bits per heavy atom. The number of ether oxygens (including phenoxy) is 1. The van der Waals surface area contributed by atoms with E-state index in [1.165, 1.54) is 6.07 Å². The number of benzene rings is 1. The Bertz CT molecular complexity index is 369. The lowest BCUT2D eigenvalue weighted by Crippen LogP contribution is -2.01. The molecular weight excluding hydrogens is 264 g/mol. The quantitative estimate of drug-likeness (QED) is 0.523. The molecule has 0 unspecified atom stereocenters. The van der Waals surface area contributed by atoms with Gasteiger partial charge in [0.1, 0.15) is 0 Å². The fourth-order valence-electron chi connectivity index (χ4n) is 1.01. The molecule has 0 aliphatic carbocycles. The van der Waals surface area contributed by atoms with Gasteiger partial charge in [-0.25, -0.2) is 0 Å². The van der Waals surface area contributed by atoms with Crippen LogP contribution >= 0.6 is 15.9 Å². The van der Waals surface area contributed by atoms with E-state index < -0.39 is 4.92 Å². The van der Waals surface area contributed by atoms with Gasteiger partial charge < -0.3 is 10.5 Å². The molecule has 1 rings (SSSR count). The number of rotatable bonds is 3. The maximum atomic E-state index is 10.5. The fourth-order valence-corrected chi connectivity index (χ4v) is 1.47. The van der Waals surface area contributed by atoms with Crippen molar-refractivity contribution in [2.24, 2.45) is 0 Å². The van der Waals surface area contributed by atoms with Gasteiger partial charge in [0.15, 0.2) is 11.4 Å². The highest BCUT2D eigenvalue weighted by Crippen LogP contribution is 2.37. The SMILES string of the molecule is C.CCOc1c(Br)ccc([N+](=O)[O-])c1N. The normalized spacial score (nSPS) is 9.20. The van der Waals surface area contributed by atoms with Gasteiger partial charge in [-0.1, -0.05) is 7.43 Å². The van der Waals surface area contributed by atoms with Crippen molar-refractivity contribution in [1.29, 1.82) is 0 Å². The molecule has 0 radical (unpaired) electrons. The number of nitro benzene ring substituents is 1. The summed E-state index contributed by atoms with van der Waals surface area (Å²) < 4.78 is 5.80. The molecule has 0 aliphatic rings. The van der Waals surface area contributed by atoms with E-state index in [9.17, 15) is 10.1 Å². The van der Waals surface area contributed by atoms with Crippen LogP contribution in [-0.4, -0.2) is 11.5 Å². The van der Waals surface area contributed by atoms with E-state index in [0.717, 1.165) is 0 Å². The van der Waals surface area contributed by atoms with Gasteiger partial charge in [-0.2, -0.15) is 0 Å². The van der Waals surface area contributed by atoms with E-state index in [2.05, 4.69) is 15.9 Å². The van der Waals surface area contributed by atoms with Crippen LogP contribution in [0.4, 0.5) is 11.4 Å². The predicted molar refractivity (Wildman–Crippen MR) is 63.1 cm³/mol. The van der Waals surface area contributed by atoms with Crippen molar-refractivity contribution in [3.8, 4) is 5.75 Å². The van der Waals surface area contributed by atoms with Crippen LogP contribution in [0.1, 0.15) is 14.4 Å². The van der Waals surface area contributed by atoms with Gasteiger partial charge in [-0.15, -0.1) is 0 Å². The number of nitro groups is 1. The highest BCUT2D eigenvalue weighted by Gasteiger charge is 2.18. The third kappa shape index (κ3) is 2.82. The number of nitrogens with two attached hydrogens (primary N) is 1. The summed E-state index contributed by atoms with van der Waals surface area (Å²) in [5.41, 5.74) is 5.48. The van der Waals surface area contributed by atoms with E-state index in [1.54, 1.807) is 13.0 Å². The summed E-state index contributed by atoms with van der Waals surface area (Å²) in [5.74, 6) is 0.321. The summed E-state index contributed by atoms with van der Waals surface area (Å²) in [5, 5.41) is 10.5. The molecular formula is C9H13BrN2O3. The summed E-state index contributed by atoms with van der Waals surface area (Å²) in [6, 6.07) is 2.88. The zero-order valence-corrected chi connectivity index (χ0v) is 9.08. The van der Waals surface area contributed by atoms with Crippen LogP contribution in [0, 0.1) is 10.1 Å². The number of halogens is 1. The number of hydrogen-bond acceptors (Lipinski definition) is 4. The van der Waals surface area contributed by atoms with Crippen molar-refractivity contribution in [3.05, 3.63) is 26.7 Å². The average Bonchev–Trinajstić information content (AvgIpc) is 2.11. The van der Waals surface area contributed by atoms with E-state index in [-0.39, 0.29) is 18.8 Å². The zero-order chi connectivity index (χ0) is 10.7.